The summed E-state index contributed by atoms with van der Waals surface area (Å²) in [4.78, 5) is 35.4. The van der Waals surface area contributed by atoms with Crippen molar-refractivity contribution in [2.24, 2.45) is 0 Å². The maximum atomic E-state index is 12.1. The van der Waals surface area contributed by atoms with Gasteiger partial charge in [-0.2, -0.15) is 0 Å². The maximum absolute atomic E-state index is 12.1. The first-order chi connectivity index (χ1) is 10.2. The first kappa shape index (κ1) is 17.4. The molecule has 0 unspecified atom stereocenters. The van der Waals surface area contributed by atoms with Crippen molar-refractivity contribution in [1.29, 1.82) is 0 Å². The third-order valence-corrected chi connectivity index (χ3v) is 2.37. The second-order valence-corrected chi connectivity index (χ2v) is 5.41. The number of alkyl carbamates (subject to hydrolysis) is 1. The highest BCUT2D eigenvalue weighted by molar-refractivity contribution is 6.09. The smallest absolute Gasteiger partial charge is 0.412 e. The van der Waals surface area contributed by atoms with E-state index in [-0.39, 0.29) is 5.70 Å². The first-order valence-corrected chi connectivity index (χ1v) is 6.62. The van der Waals surface area contributed by atoms with E-state index in [4.69, 9.17) is 4.74 Å². The van der Waals surface area contributed by atoms with Crippen LogP contribution >= 0.6 is 0 Å². The second kappa shape index (κ2) is 7.40. The van der Waals surface area contributed by atoms with Crippen LogP contribution in [0.5, 0.6) is 0 Å². The van der Waals surface area contributed by atoms with Gasteiger partial charge in [-0.05, 0) is 20.8 Å². The lowest BCUT2D eigenvalue weighted by molar-refractivity contribution is -0.136. The molecule has 0 bridgehead atoms. The van der Waals surface area contributed by atoms with Crippen molar-refractivity contribution in [3.8, 4) is 0 Å². The van der Waals surface area contributed by atoms with Gasteiger partial charge in [0.2, 0.25) is 0 Å². The average Bonchev–Trinajstić information content (AvgIpc) is 2.44. The summed E-state index contributed by atoms with van der Waals surface area (Å²) >= 11 is 0. The van der Waals surface area contributed by atoms with Crippen LogP contribution in [0.1, 0.15) is 31.1 Å². The van der Waals surface area contributed by atoms with Gasteiger partial charge in [0.1, 0.15) is 11.3 Å². The number of ether oxygens (including phenoxy) is 2. The van der Waals surface area contributed by atoms with E-state index in [1.807, 2.05) is 0 Å². The quantitative estimate of drug-likeness (QED) is 0.525. The summed E-state index contributed by atoms with van der Waals surface area (Å²) in [6, 6.07) is 8.35. The predicted molar refractivity (Wildman–Crippen MR) is 80.2 cm³/mol. The molecule has 118 valence electrons. The Morgan fingerprint density at radius 3 is 2.18 bits per heavy atom. The van der Waals surface area contributed by atoms with Crippen LogP contribution in [-0.4, -0.2) is 30.6 Å². The van der Waals surface area contributed by atoms with Gasteiger partial charge in [-0.3, -0.25) is 10.1 Å². The zero-order valence-electron chi connectivity index (χ0n) is 13.0. The summed E-state index contributed by atoms with van der Waals surface area (Å²) in [6.45, 7) is 5.05. The number of methoxy groups -OCH3 is 1. The van der Waals surface area contributed by atoms with Crippen LogP contribution in [0.25, 0.3) is 0 Å². The lowest BCUT2D eigenvalue weighted by atomic mass is 10.1. The molecule has 0 aliphatic rings. The molecule has 22 heavy (non-hydrogen) atoms. The number of hydrogen-bond acceptors (Lipinski definition) is 5. The Kier molecular flexibility index (Phi) is 5.86. The van der Waals surface area contributed by atoms with Crippen LogP contribution in [0.3, 0.4) is 0 Å². The Morgan fingerprint density at radius 2 is 1.68 bits per heavy atom. The van der Waals surface area contributed by atoms with Crippen molar-refractivity contribution >= 4 is 17.8 Å². The molecule has 1 aromatic rings. The van der Waals surface area contributed by atoms with Crippen molar-refractivity contribution in [2.45, 2.75) is 26.4 Å². The van der Waals surface area contributed by atoms with Crippen LogP contribution in [0.15, 0.2) is 42.1 Å². The Morgan fingerprint density at radius 1 is 1.09 bits per heavy atom. The third kappa shape index (κ3) is 5.78. The third-order valence-electron chi connectivity index (χ3n) is 2.37. The number of nitrogens with one attached hydrogen (secondary N) is 1. The summed E-state index contributed by atoms with van der Waals surface area (Å²) in [7, 11) is 1.15. The fourth-order valence-electron chi connectivity index (χ4n) is 1.49. The molecule has 0 spiro atoms. The van der Waals surface area contributed by atoms with E-state index in [0.29, 0.717) is 5.56 Å². The summed E-state index contributed by atoms with van der Waals surface area (Å²) in [6.07, 6.45) is 0.162. The van der Waals surface area contributed by atoms with E-state index in [1.54, 1.807) is 51.1 Å². The molecule has 0 aromatic heterocycles. The van der Waals surface area contributed by atoms with Gasteiger partial charge in [-0.1, -0.05) is 30.3 Å². The number of carbonyl (C=O) groups excluding carboxylic acids is 3. The van der Waals surface area contributed by atoms with Gasteiger partial charge in [0, 0.05) is 11.6 Å². The maximum Gasteiger partial charge on any atom is 0.412 e. The summed E-state index contributed by atoms with van der Waals surface area (Å²) < 4.78 is 9.59. The Labute approximate surface area is 129 Å². The lowest BCUT2D eigenvalue weighted by Gasteiger charge is -2.20. The average molecular weight is 305 g/mol. The number of carbonyl (C=O) groups is 3. The number of benzene rings is 1. The van der Waals surface area contributed by atoms with Crippen molar-refractivity contribution in [3.63, 3.8) is 0 Å². The van der Waals surface area contributed by atoms with E-state index < -0.39 is 23.4 Å². The zero-order valence-corrected chi connectivity index (χ0v) is 13.0. The van der Waals surface area contributed by atoms with Crippen molar-refractivity contribution in [2.75, 3.05) is 7.11 Å². The van der Waals surface area contributed by atoms with Gasteiger partial charge in [0.25, 0.3) is 0 Å². The Hall–Kier alpha value is -2.63. The standard InChI is InChI=1S/C16H19NO5/c1-16(2,3)22-15(20)17-12(14(19)21-4)10-13(18)11-8-6-5-7-9-11/h5-10H,1-4H3,(H,17,20)/b12-10+. The molecule has 6 heteroatoms. The number of rotatable bonds is 4. The van der Waals surface area contributed by atoms with E-state index >= 15 is 0 Å². The fraction of sp³-hybridized carbons (Fsp3) is 0.312. The van der Waals surface area contributed by atoms with Gasteiger partial charge in [-0.25, -0.2) is 9.59 Å². The lowest BCUT2D eigenvalue weighted by Crippen LogP contribution is -2.34. The van der Waals surface area contributed by atoms with Gasteiger partial charge in [0.05, 0.1) is 7.11 Å². The van der Waals surface area contributed by atoms with Crippen molar-refractivity contribution in [3.05, 3.63) is 47.7 Å². The second-order valence-electron chi connectivity index (χ2n) is 5.41. The van der Waals surface area contributed by atoms with E-state index in [9.17, 15) is 14.4 Å². The molecule has 0 aliphatic carbocycles. The number of ketones is 1. The fourth-order valence-corrected chi connectivity index (χ4v) is 1.49. The summed E-state index contributed by atoms with van der Waals surface area (Å²) in [5.74, 6) is -1.27. The number of hydrogen-bond donors (Lipinski definition) is 1. The molecular formula is C16H19NO5. The molecule has 0 saturated carbocycles. The van der Waals surface area contributed by atoms with Crippen molar-refractivity contribution < 1.29 is 23.9 Å². The molecule has 0 heterocycles. The summed E-state index contributed by atoms with van der Waals surface area (Å²) in [5.41, 5.74) is -0.630. The normalized spacial score (nSPS) is 11.5. The van der Waals surface area contributed by atoms with E-state index in [2.05, 4.69) is 10.1 Å². The number of amides is 1. The minimum Gasteiger partial charge on any atom is -0.464 e. The molecule has 0 saturated heterocycles. The minimum atomic E-state index is -0.843. The molecule has 1 N–H and O–H groups in total. The highest BCUT2D eigenvalue weighted by Crippen LogP contribution is 2.08. The highest BCUT2D eigenvalue weighted by Gasteiger charge is 2.21. The van der Waals surface area contributed by atoms with Crippen LogP contribution in [0, 0.1) is 0 Å². The van der Waals surface area contributed by atoms with Gasteiger partial charge >= 0.3 is 12.1 Å². The molecule has 1 amide bonds. The minimum absolute atomic E-state index is 0.286. The topological polar surface area (TPSA) is 81.7 Å². The van der Waals surface area contributed by atoms with Crippen LogP contribution in [0.4, 0.5) is 4.79 Å². The molecule has 1 aromatic carbocycles. The largest absolute Gasteiger partial charge is 0.464 e. The van der Waals surface area contributed by atoms with Gasteiger partial charge < -0.3 is 9.47 Å². The predicted octanol–water partition coefficient (Wildman–Crippen LogP) is 2.45. The summed E-state index contributed by atoms with van der Waals surface area (Å²) in [5, 5.41) is 2.23. The van der Waals surface area contributed by atoms with Gasteiger partial charge in [0.15, 0.2) is 5.78 Å². The molecule has 0 atom stereocenters. The molecule has 0 aliphatic heterocycles. The molecule has 0 fully saturated rings. The van der Waals surface area contributed by atoms with Crippen LogP contribution in [0.2, 0.25) is 0 Å². The van der Waals surface area contributed by atoms with Crippen LogP contribution in [-0.2, 0) is 14.3 Å². The van der Waals surface area contributed by atoms with Gasteiger partial charge in [-0.15, -0.1) is 0 Å². The highest BCUT2D eigenvalue weighted by atomic mass is 16.6. The molecule has 1 rings (SSSR count). The number of allylic oxidation sites excluding steroid dienone is 1. The monoisotopic (exact) mass is 305 g/mol. The van der Waals surface area contributed by atoms with Crippen molar-refractivity contribution in [1.82, 2.24) is 5.32 Å². The Bertz CT molecular complexity index is 584. The molecular weight excluding hydrogens is 286 g/mol. The van der Waals surface area contributed by atoms with E-state index in [0.717, 1.165) is 13.2 Å². The van der Waals surface area contributed by atoms with E-state index in [1.165, 1.54) is 0 Å². The van der Waals surface area contributed by atoms with Crippen LogP contribution < -0.4 is 5.32 Å². The SMILES string of the molecule is COC(=O)/C(=C\C(=O)c1ccccc1)NC(=O)OC(C)(C)C. The Balaban J connectivity index is 2.94. The molecule has 0 radical (unpaired) electrons. The first-order valence-electron chi connectivity index (χ1n) is 6.62. The zero-order chi connectivity index (χ0) is 16.8. The number of esters is 1. The molecule has 6 nitrogen and oxygen atoms in total.